The first-order chi connectivity index (χ1) is 5.73. The van der Waals surface area contributed by atoms with Crippen LogP contribution in [0.15, 0.2) is 12.2 Å². The Morgan fingerprint density at radius 2 is 1.85 bits per heavy atom. The van der Waals surface area contributed by atoms with Crippen LogP contribution in [-0.2, 0) is 0 Å². The molecule has 0 unspecified atom stereocenters. The third-order valence-electron chi connectivity index (χ3n) is 2.66. The highest BCUT2D eigenvalue weighted by molar-refractivity contribution is 4.90. The molecule has 0 amide bonds. The van der Waals surface area contributed by atoms with Gasteiger partial charge in [0.2, 0.25) is 0 Å². The largest absolute Gasteiger partial charge is 0.390 e. The minimum Gasteiger partial charge on any atom is -0.390 e. The normalized spacial score (nSPS) is 16.8. The molecule has 0 aromatic carbocycles. The van der Waals surface area contributed by atoms with Crippen molar-refractivity contribution in [2.24, 2.45) is 11.8 Å². The summed E-state index contributed by atoms with van der Waals surface area (Å²) < 4.78 is 0. The Morgan fingerprint density at radius 3 is 2.15 bits per heavy atom. The van der Waals surface area contributed by atoms with Crippen LogP contribution in [0.5, 0.6) is 0 Å². The second-order valence-corrected chi connectivity index (χ2v) is 5.06. The van der Waals surface area contributed by atoms with E-state index in [4.69, 9.17) is 0 Å². The van der Waals surface area contributed by atoms with Gasteiger partial charge < -0.3 is 5.11 Å². The average molecular weight is 184 g/mol. The van der Waals surface area contributed by atoms with Crippen LogP contribution in [0.4, 0.5) is 0 Å². The van der Waals surface area contributed by atoms with Gasteiger partial charge in [-0.05, 0) is 45.4 Å². The fourth-order valence-electron chi connectivity index (χ4n) is 1.57. The smallest absolute Gasteiger partial charge is 0.0617 e. The molecular weight excluding hydrogens is 160 g/mol. The van der Waals surface area contributed by atoms with Crippen LogP contribution in [-0.4, -0.2) is 10.7 Å². The fraction of sp³-hybridized carbons (Fsp3) is 0.833. The first-order valence-corrected chi connectivity index (χ1v) is 5.10. The van der Waals surface area contributed by atoms with Gasteiger partial charge in [-0.15, -0.1) is 6.58 Å². The van der Waals surface area contributed by atoms with Crippen LogP contribution in [0, 0.1) is 11.8 Å². The molecule has 1 N–H and O–H groups in total. The van der Waals surface area contributed by atoms with Gasteiger partial charge in [-0.1, -0.05) is 19.4 Å². The summed E-state index contributed by atoms with van der Waals surface area (Å²) in [6.07, 6.45) is 2.14. The Hall–Kier alpha value is -0.300. The van der Waals surface area contributed by atoms with Gasteiger partial charge in [0.15, 0.2) is 0 Å². The van der Waals surface area contributed by atoms with Crippen molar-refractivity contribution >= 4 is 0 Å². The monoisotopic (exact) mass is 184 g/mol. The summed E-state index contributed by atoms with van der Waals surface area (Å²) in [5.74, 6) is 0.973. The van der Waals surface area contributed by atoms with Crippen LogP contribution >= 0.6 is 0 Å². The van der Waals surface area contributed by atoms with E-state index >= 15 is 0 Å². The SMILES string of the molecule is C=C(C)C[C@H](C)C[C@H](C)C(C)(C)O. The Labute approximate surface area is 82.9 Å². The van der Waals surface area contributed by atoms with E-state index in [1.165, 1.54) is 5.57 Å². The highest BCUT2D eigenvalue weighted by atomic mass is 16.3. The van der Waals surface area contributed by atoms with E-state index in [0.717, 1.165) is 12.8 Å². The van der Waals surface area contributed by atoms with Crippen LogP contribution in [0.1, 0.15) is 47.5 Å². The van der Waals surface area contributed by atoms with Gasteiger partial charge in [0.25, 0.3) is 0 Å². The molecule has 0 saturated carbocycles. The van der Waals surface area contributed by atoms with Crippen LogP contribution in [0.25, 0.3) is 0 Å². The van der Waals surface area contributed by atoms with Crippen molar-refractivity contribution < 1.29 is 5.11 Å². The molecule has 0 spiro atoms. The molecule has 0 aromatic rings. The lowest BCUT2D eigenvalue weighted by Crippen LogP contribution is -2.29. The summed E-state index contributed by atoms with van der Waals surface area (Å²) in [5, 5.41) is 9.75. The van der Waals surface area contributed by atoms with Gasteiger partial charge in [-0.3, -0.25) is 0 Å². The summed E-state index contributed by atoms with van der Waals surface area (Å²) in [7, 11) is 0. The quantitative estimate of drug-likeness (QED) is 0.649. The Balaban J connectivity index is 3.92. The summed E-state index contributed by atoms with van der Waals surface area (Å²) in [6.45, 7) is 14.0. The molecule has 0 aromatic heterocycles. The highest BCUT2D eigenvalue weighted by Gasteiger charge is 2.23. The van der Waals surface area contributed by atoms with Gasteiger partial charge in [0.1, 0.15) is 0 Å². The van der Waals surface area contributed by atoms with Crippen LogP contribution in [0.3, 0.4) is 0 Å². The van der Waals surface area contributed by atoms with E-state index in [2.05, 4.69) is 27.4 Å². The lowest BCUT2D eigenvalue weighted by atomic mass is 9.83. The number of aliphatic hydroxyl groups is 1. The van der Waals surface area contributed by atoms with Gasteiger partial charge >= 0.3 is 0 Å². The molecule has 0 aliphatic rings. The van der Waals surface area contributed by atoms with Crippen molar-refractivity contribution in [2.75, 3.05) is 0 Å². The maximum Gasteiger partial charge on any atom is 0.0617 e. The van der Waals surface area contributed by atoms with Crippen molar-refractivity contribution in [1.82, 2.24) is 0 Å². The molecule has 1 nitrogen and oxygen atoms in total. The lowest BCUT2D eigenvalue weighted by molar-refractivity contribution is 0.0154. The van der Waals surface area contributed by atoms with E-state index in [9.17, 15) is 5.11 Å². The van der Waals surface area contributed by atoms with Gasteiger partial charge in [-0.25, -0.2) is 0 Å². The van der Waals surface area contributed by atoms with E-state index in [-0.39, 0.29) is 0 Å². The molecule has 0 radical (unpaired) electrons. The zero-order valence-electron chi connectivity index (χ0n) is 9.72. The molecule has 1 heteroatoms. The molecule has 0 aliphatic carbocycles. The molecule has 2 atom stereocenters. The second kappa shape index (κ2) is 4.80. The standard InChI is InChI=1S/C12H24O/c1-9(2)7-10(3)8-11(4)12(5,6)13/h10-11,13H,1,7-8H2,2-6H3/t10-,11-/m0/s1. The molecule has 0 saturated heterocycles. The molecular formula is C12H24O. The molecule has 0 bridgehead atoms. The van der Waals surface area contributed by atoms with E-state index in [1.807, 2.05) is 13.8 Å². The zero-order chi connectivity index (χ0) is 10.6. The van der Waals surface area contributed by atoms with Crippen molar-refractivity contribution in [2.45, 2.75) is 53.1 Å². The van der Waals surface area contributed by atoms with E-state index in [1.54, 1.807) is 0 Å². The first kappa shape index (κ1) is 12.7. The Morgan fingerprint density at radius 1 is 1.38 bits per heavy atom. The fourth-order valence-corrected chi connectivity index (χ4v) is 1.57. The highest BCUT2D eigenvalue weighted by Crippen LogP contribution is 2.26. The first-order valence-electron chi connectivity index (χ1n) is 5.10. The van der Waals surface area contributed by atoms with Gasteiger partial charge in [0, 0.05) is 0 Å². The summed E-state index contributed by atoms with van der Waals surface area (Å²) in [5.41, 5.74) is 0.680. The minimum absolute atomic E-state index is 0.349. The predicted octanol–water partition coefficient (Wildman–Crippen LogP) is 3.39. The Kier molecular flexibility index (Phi) is 4.69. The van der Waals surface area contributed by atoms with Crippen molar-refractivity contribution in [3.05, 3.63) is 12.2 Å². The molecule has 0 aliphatic heterocycles. The molecule has 0 rings (SSSR count). The molecule has 0 fully saturated rings. The average Bonchev–Trinajstić information content (AvgIpc) is 1.82. The van der Waals surface area contributed by atoms with Crippen LogP contribution < -0.4 is 0 Å². The van der Waals surface area contributed by atoms with Crippen molar-refractivity contribution in [1.29, 1.82) is 0 Å². The van der Waals surface area contributed by atoms with Crippen molar-refractivity contribution in [3.8, 4) is 0 Å². The zero-order valence-corrected chi connectivity index (χ0v) is 9.72. The summed E-state index contributed by atoms with van der Waals surface area (Å²) in [4.78, 5) is 0. The third-order valence-corrected chi connectivity index (χ3v) is 2.66. The Bertz CT molecular complexity index is 164. The minimum atomic E-state index is -0.552. The van der Waals surface area contributed by atoms with E-state index < -0.39 is 5.60 Å². The third kappa shape index (κ3) is 5.87. The van der Waals surface area contributed by atoms with Crippen LogP contribution in [0.2, 0.25) is 0 Å². The summed E-state index contributed by atoms with van der Waals surface area (Å²) >= 11 is 0. The van der Waals surface area contributed by atoms with Crippen molar-refractivity contribution in [3.63, 3.8) is 0 Å². The van der Waals surface area contributed by atoms with E-state index in [0.29, 0.717) is 11.8 Å². The molecule has 13 heavy (non-hydrogen) atoms. The van der Waals surface area contributed by atoms with Gasteiger partial charge in [-0.2, -0.15) is 0 Å². The topological polar surface area (TPSA) is 20.2 Å². The predicted molar refractivity (Wildman–Crippen MR) is 58.7 cm³/mol. The number of rotatable bonds is 5. The number of allylic oxidation sites excluding steroid dienone is 1. The summed E-state index contributed by atoms with van der Waals surface area (Å²) in [6, 6.07) is 0. The molecule has 78 valence electrons. The number of hydrogen-bond acceptors (Lipinski definition) is 1. The lowest BCUT2D eigenvalue weighted by Gasteiger charge is -2.28. The molecule has 0 heterocycles. The maximum absolute atomic E-state index is 9.75. The second-order valence-electron chi connectivity index (χ2n) is 5.06. The van der Waals surface area contributed by atoms with Gasteiger partial charge in [0.05, 0.1) is 5.60 Å². The number of hydrogen-bond donors (Lipinski definition) is 1. The maximum atomic E-state index is 9.75.